The summed E-state index contributed by atoms with van der Waals surface area (Å²) >= 11 is 0. The van der Waals surface area contributed by atoms with E-state index in [4.69, 9.17) is 0 Å². The summed E-state index contributed by atoms with van der Waals surface area (Å²) in [6.07, 6.45) is 16.3. The molecule has 8 heteroatoms. The van der Waals surface area contributed by atoms with Crippen molar-refractivity contribution in [2.45, 2.75) is 133 Å². The minimum absolute atomic E-state index is 0.0830. The van der Waals surface area contributed by atoms with Gasteiger partial charge in [-0.3, -0.25) is 9.59 Å². The predicted octanol–water partition coefficient (Wildman–Crippen LogP) is 4.01. The lowest BCUT2D eigenvalue weighted by atomic mass is 9.94. The number of hydroxylamine groups is 6. The van der Waals surface area contributed by atoms with Gasteiger partial charge in [-0.2, -0.15) is 0 Å². The molecule has 0 bridgehead atoms. The van der Waals surface area contributed by atoms with E-state index in [9.17, 15) is 20.0 Å². The zero-order chi connectivity index (χ0) is 24.7. The number of carbonyl (C=O) groups excluding carboxylic acids is 2. The van der Waals surface area contributed by atoms with Gasteiger partial charge in [0.15, 0.2) is 12.1 Å². The van der Waals surface area contributed by atoms with E-state index < -0.39 is 21.4 Å². The maximum atomic E-state index is 13.8. The van der Waals surface area contributed by atoms with Crippen molar-refractivity contribution in [2.24, 2.45) is 0 Å². The fraction of sp³-hybridized carbons (Fsp3) is 0.926. The molecule has 35 heavy (non-hydrogen) atoms. The zero-order valence-electron chi connectivity index (χ0n) is 21.7. The van der Waals surface area contributed by atoms with E-state index in [1.54, 1.807) is 0 Å². The number of nitrogens with zero attached hydrogens (tertiary/aromatic N) is 2. The second-order valence-electron chi connectivity index (χ2n) is 11.9. The Morgan fingerprint density at radius 1 is 0.571 bits per heavy atom. The van der Waals surface area contributed by atoms with Gasteiger partial charge >= 0.3 is 0 Å². The molecule has 4 rings (SSSR count). The van der Waals surface area contributed by atoms with E-state index in [1.165, 1.54) is 12.8 Å². The van der Waals surface area contributed by atoms with Crippen molar-refractivity contribution in [1.82, 2.24) is 10.6 Å². The third-order valence-electron chi connectivity index (χ3n) is 9.25. The highest BCUT2D eigenvalue weighted by molar-refractivity contribution is 5.81. The molecule has 4 atom stereocenters. The average molecular weight is 493 g/mol. The minimum atomic E-state index is -0.558. The molecule has 2 saturated carbocycles. The highest BCUT2D eigenvalue weighted by Gasteiger charge is 2.41. The lowest BCUT2D eigenvalue weighted by Crippen LogP contribution is -2.63. The molecule has 2 heterocycles. The number of quaternary nitrogens is 2. The molecule has 0 aromatic heterocycles. The minimum Gasteiger partial charge on any atom is -0.632 e. The smallest absolute Gasteiger partial charge is 0.278 e. The van der Waals surface area contributed by atoms with Gasteiger partial charge in [0, 0.05) is 31.3 Å². The van der Waals surface area contributed by atoms with E-state index in [-0.39, 0.29) is 23.9 Å². The number of hydrogen-bond donors (Lipinski definition) is 2. The third-order valence-corrected chi connectivity index (χ3v) is 9.25. The van der Waals surface area contributed by atoms with Gasteiger partial charge in [0.05, 0.1) is 26.2 Å². The number of likely N-dealkylation sites (tertiary alicyclic amines) is 2. The van der Waals surface area contributed by atoms with Gasteiger partial charge in [0.2, 0.25) is 0 Å². The second-order valence-corrected chi connectivity index (χ2v) is 11.9. The molecule has 0 aromatic rings. The summed E-state index contributed by atoms with van der Waals surface area (Å²) in [4.78, 5) is 26.2. The standard InChI is InChI=1S/C27H48N4O4/c32-26(28-22-12-3-1-4-13-22)24-16-7-9-18-30(24,34)20-11-21-31(35)19-10-8-17-25(31)27(33)29-23-14-5-2-6-15-23/h22-25H,1-21H2,(H,28,32)(H,29,33)/t24-,25-,30?,31?/m0/s1. The van der Waals surface area contributed by atoms with Crippen molar-refractivity contribution in [3.8, 4) is 0 Å². The van der Waals surface area contributed by atoms with Crippen molar-refractivity contribution in [1.29, 1.82) is 0 Å². The van der Waals surface area contributed by atoms with Gasteiger partial charge < -0.3 is 30.3 Å². The Labute approximate surface area is 211 Å². The molecule has 2 aliphatic carbocycles. The fourth-order valence-electron chi connectivity index (χ4n) is 7.14. The van der Waals surface area contributed by atoms with Crippen LogP contribution in [0.5, 0.6) is 0 Å². The summed E-state index contributed by atoms with van der Waals surface area (Å²) in [5.41, 5.74) is 0. The van der Waals surface area contributed by atoms with Crippen LogP contribution in [0.15, 0.2) is 0 Å². The highest BCUT2D eigenvalue weighted by Crippen LogP contribution is 2.30. The van der Waals surface area contributed by atoms with Crippen LogP contribution in [0.25, 0.3) is 0 Å². The quantitative estimate of drug-likeness (QED) is 0.395. The van der Waals surface area contributed by atoms with Crippen LogP contribution in [-0.2, 0) is 9.59 Å². The molecule has 2 N–H and O–H groups in total. The number of amides is 2. The fourth-order valence-corrected chi connectivity index (χ4v) is 7.14. The van der Waals surface area contributed by atoms with Crippen LogP contribution in [0.2, 0.25) is 0 Å². The summed E-state index contributed by atoms with van der Waals surface area (Å²) in [6, 6.07) is -0.701. The number of hydrogen-bond acceptors (Lipinski definition) is 4. The maximum Gasteiger partial charge on any atom is 0.278 e. The van der Waals surface area contributed by atoms with Crippen molar-refractivity contribution in [3.05, 3.63) is 10.4 Å². The van der Waals surface area contributed by atoms with Crippen molar-refractivity contribution in [2.75, 3.05) is 26.2 Å². The Hall–Kier alpha value is -1.22. The SMILES string of the molecule is O=C(NC1CCCCC1)[C@@H]1CCCC[N+]1([O-])CCC[N+]1([O-])CCCC[C@H]1C(=O)NC1CCCCC1. The first-order chi connectivity index (χ1) is 16.9. The van der Waals surface area contributed by atoms with E-state index >= 15 is 0 Å². The molecule has 0 spiro atoms. The molecule has 8 nitrogen and oxygen atoms in total. The van der Waals surface area contributed by atoms with E-state index in [2.05, 4.69) is 10.6 Å². The van der Waals surface area contributed by atoms with Gasteiger partial charge in [-0.25, -0.2) is 0 Å². The molecule has 4 aliphatic rings. The van der Waals surface area contributed by atoms with E-state index in [1.807, 2.05) is 0 Å². The zero-order valence-corrected chi connectivity index (χ0v) is 21.7. The average Bonchev–Trinajstić information content (AvgIpc) is 2.85. The Balaban J connectivity index is 1.32. The van der Waals surface area contributed by atoms with Gasteiger partial charge in [-0.15, -0.1) is 0 Å². The number of carbonyl (C=O) groups is 2. The van der Waals surface area contributed by atoms with Crippen LogP contribution < -0.4 is 10.6 Å². The summed E-state index contributed by atoms with van der Waals surface area (Å²) in [6.45, 7) is 1.49. The molecule has 2 unspecified atom stereocenters. The lowest BCUT2D eigenvalue weighted by molar-refractivity contribution is -0.919. The lowest BCUT2D eigenvalue weighted by Gasteiger charge is -2.53. The monoisotopic (exact) mass is 492 g/mol. The normalized spacial score (nSPS) is 35.4. The van der Waals surface area contributed by atoms with Gasteiger partial charge in [0.25, 0.3) is 11.8 Å². The van der Waals surface area contributed by atoms with Crippen LogP contribution in [-0.4, -0.2) is 71.5 Å². The van der Waals surface area contributed by atoms with Gasteiger partial charge in [-0.05, 0) is 51.4 Å². The van der Waals surface area contributed by atoms with Crippen LogP contribution in [0.4, 0.5) is 0 Å². The molecule has 0 radical (unpaired) electrons. The molecule has 2 amide bonds. The van der Waals surface area contributed by atoms with Crippen LogP contribution >= 0.6 is 0 Å². The molecule has 200 valence electrons. The first kappa shape index (κ1) is 26.8. The molecular weight excluding hydrogens is 444 g/mol. The van der Waals surface area contributed by atoms with E-state index in [0.29, 0.717) is 45.4 Å². The van der Waals surface area contributed by atoms with Crippen LogP contribution in [0.3, 0.4) is 0 Å². The second kappa shape index (κ2) is 12.3. The summed E-state index contributed by atoms with van der Waals surface area (Å²) in [5, 5.41) is 34.1. The highest BCUT2D eigenvalue weighted by atomic mass is 16.6. The number of nitrogens with one attached hydrogen (secondary N) is 2. The topological polar surface area (TPSA) is 104 Å². The number of rotatable bonds is 8. The molecule has 4 fully saturated rings. The first-order valence-electron chi connectivity index (χ1n) is 14.7. The summed E-state index contributed by atoms with van der Waals surface area (Å²) in [7, 11) is 0. The Kier molecular flexibility index (Phi) is 9.47. The molecule has 0 aromatic carbocycles. The van der Waals surface area contributed by atoms with E-state index in [0.717, 1.165) is 77.0 Å². The van der Waals surface area contributed by atoms with Gasteiger partial charge in [-0.1, -0.05) is 38.5 Å². The third kappa shape index (κ3) is 6.96. The van der Waals surface area contributed by atoms with Gasteiger partial charge in [0.1, 0.15) is 0 Å². The van der Waals surface area contributed by atoms with Crippen molar-refractivity contribution in [3.63, 3.8) is 0 Å². The number of piperidine rings is 2. The van der Waals surface area contributed by atoms with Crippen LogP contribution in [0, 0.1) is 10.4 Å². The Morgan fingerprint density at radius 3 is 1.34 bits per heavy atom. The van der Waals surface area contributed by atoms with Crippen molar-refractivity contribution < 1.29 is 18.9 Å². The Morgan fingerprint density at radius 2 is 0.943 bits per heavy atom. The van der Waals surface area contributed by atoms with Crippen molar-refractivity contribution >= 4 is 11.8 Å². The Bertz CT molecular complexity index is 651. The van der Waals surface area contributed by atoms with Crippen LogP contribution in [0.1, 0.15) is 109 Å². The summed E-state index contributed by atoms with van der Waals surface area (Å²) in [5.74, 6) is -0.166. The summed E-state index contributed by atoms with van der Waals surface area (Å²) < 4.78 is -1.00. The molecule has 2 aliphatic heterocycles. The first-order valence-corrected chi connectivity index (χ1v) is 14.7. The predicted molar refractivity (Wildman–Crippen MR) is 137 cm³/mol. The maximum absolute atomic E-state index is 13.8. The largest absolute Gasteiger partial charge is 0.632 e. The molecular formula is C27H48N4O4. The molecule has 2 saturated heterocycles.